The van der Waals surface area contributed by atoms with Gasteiger partial charge in [-0.25, -0.2) is 13.2 Å². The molecule has 1 aromatic rings. The number of carbonyl (C=O) groups is 1. The lowest BCUT2D eigenvalue weighted by Gasteiger charge is -2.12. The Morgan fingerprint density at radius 1 is 1.56 bits per heavy atom. The number of rotatable bonds is 6. The maximum Gasteiger partial charge on any atom is 0.360 e. The molecule has 1 aromatic heterocycles. The molecule has 0 spiro atoms. The standard InChI is InChI=1S/C10H16N2O5S/c1-4-16-9(13)8-7-17-10(11-8)12(2)5-6-18(3,14)15/h7H,4-6H2,1-3H3. The predicted molar refractivity (Wildman–Crippen MR) is 65.4 cm³/mol. The first-order valence-corrected chi connectivity index (χ1v) is 7.41. The SMILES string of the molecule is CCOC(=O)c1coc(N(C)CCS(C)(=O)=O)n1. The van der Waals surface area contributed by atoms with Crippen molar-refractivity contribution in [3.8, 4) is 0 Å². The molecule has 0 saturated heterocycles. The highest BCUT2D eigenvalue weighted by atomic mass is 32.2. The van der Waals surface area contributed by atoms with Crippen molar-refractivity contribution in [2.24, 2.45) is 0 Å². The summed E-state index contributed by atoms with van der Waals surface area (Å²) in [6.07, 6.45) is 2.34. The second kappa shape index (κ2) is 5.85. The molecule has 1 heterocycles. The summed E-state index contributed by atoms with van der Waals surface area (Å²) in [5.74, 6) is -0.579. The molecule has 0 aliphatic rings. The molecule has 0 amide bonds. The van der Waals surface area contributed by atoms with Crippen LogP contribution in [-0.4, -0.2) is 51.6 Å². The van der Waals surface area contributed by atoms with Crippen molar-refractivity contribution < 1.29 is 22.4 Å². The largest absolute Gasteiger partial charge is 0.461 e. The lowest BCUT2D eigenvalue weighted by molar-refractivity contribution is 0.0519. The molecule has 0 bridgehead atoms. The van der Waals surface area contributed by atoms with Crippen LogP contribution in [0.2, 0.25) is 0 Å². The van der Waals surface area contributed by atoms with Gasteiger partial charge in [0, 0.05) is 19.8 Å². The number of anilines is 1. The zero-order valence-electron chi connectivity index (χ0n) is 10.5. The summed E-state index contributed by atoms with van der Waals surface area (Å²) in [5, 5.41) is 0. The van der Waals surface area contributed by atoms with Gasteiger partial charge in [0.05, 0.1) is 12.4 Å². The molecule has 0 fully saturated rings. The van der Waals surface area contributed by atoms with Gasteiger partial charge in [-0.1, -0.05) is 0 Å². The second-order valence-corrected chi connectivity index (χ2v) is 6.05. The number of hydrogen-bond acceptors (Lipinski definition) is 7. The molecule has 7 nitrogen and oxygen atoms in total. The van der Waals surface area contributed by atoms with Crippen LogP contribution in [0.4, 0.5) is 6.01 Å². The molecular weight excluding hydrogens is 260 g/mol. The summed E-state index contributed by atoms with van der Waals surface area (Å²) in [4.78, 5) is 16.8. The Morgan fingerprint density at radius 3 is 2.78 bits per heavy atom. The van der Waals surface area contributed by atoms with Gasteiger partial charge < -0.3 is 14.1 Å². The van der Waals surface area contributed by atoms with Gasteiger partial charge in [-0.3, -0.25) is 0 Å². The molecular formula is C10H16N2O5S. The normalized spacial score (nSPS) is 11.3. The van der Waals surface area contributed by atoms with Gasteiger partial charge in [0.25, 0.3) is 6.01 Å². The lowest BCUT2D eigenvalue weighted by atomic mass is 10.5. The number of esters is 1. The van der Waals surface area contributed by atoms with Gasteiger partial charge in [0.1, 0.15) is 16.1 Å². The van der Waals surface area contributed by atoms with Crippen LogP contribution in [0.3, 0.4) is 0 Å². The first-order valence-electron chi connectivity index (χ1n) is 5.35. The van der Waals surface area contributed by atoms with Crippen molar-refractivity contribution in [1.29, 1.82) is 0 Å². The Labute approximate surface area is 106 Å². The molecule has 0 aliphatic carbocycles. The van der Waals surface area contributed by atoms with E-state index in [4.69, 9.17) is 9.15 Å². The molecule has 1 rings (SSSR count). The van der Waals surface area contributed by atoms with Gasteiger partial charge in [0.15, 0.2) is 5.69 Å². The monoisotopic (exact) mass is 276 g/mol. The predicted octanol–water partition coefficient (Wildman–Crippen LogP) is 0.332. The molecule has 0 saturated carbocycles. The average Bonchev–Trinajstić information content (AvgIpc) is 2.74. The first-order chi connectivity index (χ1) is 8.33. The maximum atomic E-state index is 11.3. The molecule has 0 unspecified atom stereocenters. The molecule has 0 aliphatic heterocycles. The Bertz CT molecular complexity index is 508. The molecule has 102 valence electrons. The maximum absolute atomic E-state index is 11.3. The van der Waals surface area contributed by atoms with Crippen molar-refractivity contribution in [3.05, 3.63) is 12.0 Å². The number of hydrogen-bond donors (Lipinski definition) is 0. The van der Waals surface area contributed by atoms with Crippen molar-refractivity contribution in [2.75, 3.05) is 37.1 Å². The summed E-state index contributed by atoms with van der Waals surface area (Å²) >= 11 is 0. The lowest BCUT2D eigenvalue weighted by Crippen LogP contribution is -2.25. The van der Waals surface area contributed by atoms with E-state index in [1.54, 1.807) is 14.0 Å². The van der Waals surface area contributed by atoms with Crippen LogP contribution in [0, 0.1) is 0 Å². The zero-order valence-corrected chi connectivity index (χ0v) is 11.4. The summed E-state index contributed by atoms with van der Waals surface area (Å²) in [6, 6.07) is 0.182. The highest BCUT2D eigenvalue weighted by Gasteiger charge is 2.16. The molecule has 0 N–H and O–H groups in total. The highest BCUT2D eigenvalue weighted by molar-refractivity contribution is 7.90. The molecule has 18 heavy (non-hydrogen) atoms. The van der Waals surface area contributed by atoms with Crippen LogP contribution in [0.25, 0.3) is 0 Å². The van der Waals surface area contributed by atoms with Gasteiger partial charge in [-0.2, -0.15) is 4.98 Å². The van der Waals surface area contributed by atoms with E-state index in [1.165, 1.54) is 11.2 Å². The number of ether oxygens (including phenoxy) is 1. The van der Waals surface area contributed by atoms with Gasteiger partial charge in [-0.15, -0.1) is 0 Å². The Balaban J connectivity index is 2.65. The van der Waals surface area contributed by atoms with Gasteiger partial charge >= 0.3 is 5.97 Å². The third kappa shape index (κ3) is 4.36. The van der Waals surface area contributed by atoms with Crippen LogP contribution in [-0.2, 0) is 14.6 Å². The van der Waals surface area contributed by atoms with Gasteiger partial charge in [-0.05, 0) is 6.92 Å². The molecule has 0 atom stereocenters. The number of carbonyl (C=O) groups excluding carboxylic acids is 1. The fourth-order valence-electron chi connectivity index (χ4n) is 1.14. The minimum atomic E-state index is -3.05. The number of oxazole rings is 1. The zero-order chi connectivity index (χ0) is 13.8. The molecule has 0 aromatic carbocycles. The van der Waals surface area contributed by atoms with E-state index in [0.29, 0.717) is 0 Å². The van der Waals surface area contributed by atoms with Crippen molar-refractivity contribution in [2.45, 2.75) is 6.92 Å². The van der Waals surface area contributed by atoms with Crippen molar-refractivity contribution >= 4 is 21.8 Å². The van der Waals surface area contributed by atoms with E-state index in [1.807, 2.05) is 0 Å². The summed E-state index contributed by atoms with van der Waals surface area (Å²) < 4.78 is 31.9. The van der Waals surface area contributed by atoms with Crippen LogP contribution in [0.15, 0.2) is 10.7 Å². The topological polar surface area (TPSA) is 89.7 Å². The number of aromatic nitrogens is 1. The summed E-state index contributed by atoms with van der Waals surface area (Å²) in [5.41, 5.74) is 0.0676. The van der Waals surface area contributed by atoms with E-state index in [2.05, 4.69) is 4.98 Å². The van der Waals surface area contributed by atoms with E-state index < -0.39 is 15.8 Å². The molecule has 0 radical (unpaired) electrons. The van der Waals surface area contributed by atoms with Crippen LogP contribution < -0.4 is 4.90 Å². The smallest absolute Gasteiger partial charge is 0.360 e. The van der Waals surface area contributed by atoms with E-state index in [0.717, 1.165) is 6.26 Å². The highest BCUT2D eigenvalue weighted by Crippen LogP contribution is 2.12. The van der Waals surface area contributed by atoms with Crippen LogP contribution in [0.1, 0.15) is 17.4 Å². The van der Waals surface area contributed by atoms with E-state index in [-0.39, 0.29) is 30.6 Å². The Morgan fingerprint density at radius 2 is 2.22 bits per heavy atom. The summed E-state index contributed by atoms with van der Waals surface area (Å²) in [7, 11) is -1.42. The van der Waals surface area contributed by atoms with E-state index >= 15 is 0 Å². The minimum Gasteiger partial charge on any atom is -0.461 e. The number of sulfone groups is 1. The minimum absolute atomic E-state index is 0.0133. The fraction of sp³-hybridized carbons (Fsp3) is 0.600. The van der Waals surface area contributed by atoms with Crippen molar-refractivity contribution in [3.63, 3.8) is 0 Å². The van der Waals surface area contributed by atoms with Gasteiger partial charge in [0.2, 0.25) is 0 Å². The van der Waals surface area contributed by atoms with Crippen LogP contribution >= 0.6 is 0 Å². The molecule has 8 heteroatoms. The third-order valence-corrected chi connectivity index (χ3v) is 3.02. The van der Waals surface area contributed by atoms with E-state index in [9.17, 15) is 13.2 Å². The fourth-order valence-corrected chi connectivity index (χ4v) is 1.74. The summed E-state index contributed by atoms with van der Waals surface area (Å²) in [6.45, 7) is 2.18. The average molecular weight is 276 g/mol. The van der Waals surface area contributed by atoms with Crippen molar-refractivity contribution in [1.82, 2.24) is 4.98 Å². The Kier molecular flexibility index (Phi) is 4.71. The third-order valence-electron chi connectivity index (χ3n) is 2.10. The quantitative estimate of drug-likeness (QED) is 0.692. The first kappa shape index (κ1) is 14.5. The second-order valence-electron chi connectivity index (χ2n) is 3.79. The Hall–Kier alpha value is -1.57. The number of nitrogens with zero attached hydrogens (tertiary/aromatic N) is 2. The van der Waals surface area contributed by atoms with Crippen LogP contribution in [0.5, 0.6) is 0 Å².